The molecule has 0 atom stereocenters. The van der Waals surface area contributed by atoms with Gasteiger partial charge in [-0.25, -0.2) is 0 Å². The SMILES string of the molecule is COc1cccc(C(=O)Nc2ccc(-c3ccn[nH]3)cc2)c1. The summed E-state index contributed by atoms with van der Waals surface area (Å²) < 4.78 is 5.12. The van der Waals surface area contributed by atoms with Crippen molar-refractivity contribution >= 4 is 11.6 Å². The van der Waals surface area contributed by atoms with Crippen molar-refractivity contribution in [1.29, 1.82) is 0 Å². The van der Waals surface area contributed by atoms with E-state index in [0.29, 0.717) is 11.3 Å². The first-order chi connectivity index (χ1) is 10.8. The van der Waals surface area contributed by atoms with Crippen molar-refractivity contribution in [3.8, 4) is 17.0 Å². The Balaban J connectivity index is 1.74. The Labute approximate surface area is 127 Å². The maximum atomic E-state index is 12.2. The van der Waals surface area contributed by atoms with Crippen molar-refractivity contribution in [3.63, 3.8) is 0 Å². The van der Waals surface area contributed by atoms with Crippen LogP contribution >= 0.6 is 0 Å². The molecule has 0 radical (unpaired) electrons. The second kappa shape index (κ2) is 6.13. The van der Waals surface area contributed by atoms with Gasteiger partial charge in [0.2, 0.25) is 0 Å². The molecule has 0 bridgehead atoms. The molecule has 0 unspecified atom stereocenters. The monoisotopic (exact) mass is 293 g/mol. The van der Waals surface area contributed by atoms with E-state index in [4.69, 9.17) is 4.74 Å². The lowest BCUT2D eigenvalue weighted by molar-refractivity contribution is 0.102. The highest BCUT2D eigenvalue weighted by Crippen LogP contribution is 2.20. The Kier molecular flexibility index (Phi) is 3.87. The van der Waals surface area contributed by atoms with Gasteiger partial charge in [-0.15, -0.1) is 0 Å². The second-order valence-corrected chi connectivity index (χ2v) is 4.73. The topological polar surface area (TPSA) is 67.0 Å². The van der Waals surface area contributed by atoms with Gasteiger partial charge in [0.15, 0.2) is 0 Å². The van der Waals surface area contributed by atoms with Crippen LogP contribution in [0.1, 0.15) is 10.4 Å². The first-order valence-electron chi connectivity index (χ1n) is 6.81. The van der Waals surface area contributed by atoms with Crippen molar-refractivity contribution in [2.24, 2.45) is 0 Å². The molecule has 1 amide bonds. The number of benzene rings is 2. The van der Waals surface area contributed by atoms with Crippen LogP contribution < -0.4 is 10.1 Å². The fourth-order valence-corrected chi connectivity index (χ4v) is 2.12. The van der Waals surface area contributed by atoms with Crippen molar-refractivity contribution in [3.05, 3.63) is 66.4 Å². The molecular formula is C17H15N3O2. The van der Waals surface area contributed by atoms with E-state index in [2.05, 4.69) is 15.5 Å². The normalized spacial score (nSPS) is 10.2. The van der Waals surface area contributed by atoms with Gasteiger partial charge in [0.25, 0.3) is 5.91 Å². The third-order valence-electron chi connectivity index (χ3n) is 3.29. The molecule has 3 rings (SSSR count). The fourth-order valence-electron chi connectivity index (χ4n) is 2.12. The standard InChI is InChI=1S/C17H15N3O2/c1-22-15-4-2-3-13(11-15)17(21)19-14-7-5-12(6-8-14)16-9-10-18-20-16/h2-11H,1H3,(H,18,20)(H,19,21). The Morgan fingerprint density at radius 1 is 1.14 bits per heavy atom. The van der Waals surface area contributed by atoms with Crippen LogP contribution in [-0.4, -0.2) is 23.2 Å². The Morgan fingerprint density at radius 3 is 2.64 bits per heavy atom. The number of anilines is 1. The van der Waals surface area contributed by atoms with Crippen LogP contribution in [0.25, 0.3) is 11.3 Å². The van der Waals surface area contributed by atoms with E-state index in [1.54, 1.807) is 37.6 Å². The van der Waals surface area contributed by atoms with Gasteiger partial charge in [-0.2, -0.15) is 5.10 Å². The predicted molar refractivity (Wildman–Crippen MR) is 85.0 cm³/mol. The molecule has 0 saturated heterocycles. The zero-order valence-corrected chi connectivity index (χ0v) is 12.0. The van der Waals surface area contributed by atoms with E-state index >= 15 is 0 Å². The van der Waals surface area contributed by atoms with Crippen LogP contribution in [0.2, 0.25) is 0 Å². The molecular weight excluding hydrogens is 278 g/mol. The number of H-pyrrole nitrogens is 1. The summed E-state index contributed by atoms with van der Waals surface area (Å²) in [5.41, 5.74) is 3.23. The van der Waals surface area contributed by atoms with Gasteiger partial charge in [0, 0.05) is 17.4 Å². The second-order valence-electron chi connectivity index (χ2n) is 4.73. The minimum atomic E-state index is -0.173. The number of hydrogen-bond acceptors (Lipinski definition) is 3. The smallest absolute Gasteiger partial charge is 0.255 e. The molecule has 5 nitrogen and oxygen atoms in total. The Hall–Kier alpha value is -3.08. The zero-order valence-electron chi connectivity index (χ0n) is 12.0. The van der Waals surface area contributed by atoms with Crippen molar-refractivity contribution in [1.82, 2.24) is 10.2 Å². The van der Waals surface area contributed by atoms with Crippen LogP contribution in [-0.2, 0) is 0 Å². The number of carbonyl (C=O) groups excluding carboxylic acids is 1. The maximum absolute atomic E-state index is 12.2. The third kappa shape index (κ3) is 2.98. The highest BCUT2D eigenvalue weighted by Gasteiger charge is 2.07. The molecule has 2 N–H and O–H groups in total. The Bertz CT molecular complexity index is 765. The molecule has 0 aliphatic carbocycles. The average molecular weight is 293 g/mol. The molecule has 0 aliphatic rings. The van der Waals surface area contributed by atoms with Gasteiger partial charge in [-0.3, -0.25) is 9.89 Å². The minimum absolute atomic E-state index is 0.173. The lowest BCUT2D eigenvalue weighted by Crippen LogP contribution is -2.11. The number of aromatic amines is 1. The van der Waals surface area contributed by atoms with Gasteiger partial charge < -0.3 is 10.1 Å². The van der Waals surface area contributed by atoms with Crippen molar-refractivity contribution in [2.75, 3.05) is 12.4 Å². The number of aromatic nitrogens is 2. The van der Waals surface area contributed by atoms with Crippen LogP contribution in [0.4, 0.5) is 5.69 Å². The highest BCUT2D eigenvalue weighted by molar-refractivity contribution is 6.04. The largest absolute Gasteiger partial charge is 0.497 e. The minimum Gasteiger partial charge on any atom is -0.497 e. The van der Waals surface area contributed by atoms with E-state index < -0.39 is 0 Å². The first-order valence-corrected chi connectivity index (χ1v) is 6.81. The third-order valence-corrected chi connectivity index (χ3v) is 3.29. The number of hydrogen-bond donors (Lipinski definition) is 2. The predicted octanol–water partition coefficient (Wildman–Crippen LogP) is 3.34. The molecule has 1 aromatic heterocycles. The van der Waals surface area contributed by atoms with Gasteiger partial charge in [-0.05, 0) is 42.0 Å². The molecule has 0 saturated carbocycles. The van der Waals surface area contributed by atoms with Crippen LogP contribution in [0.15, 0.2) is 60.8 Å². The summed E-state index contributed by atoms with van der Waals surface area (Å²) in [6.45, 7) is 0. The first kappa shape index (κ1) is 13.9. The lowest BCUT2D eigenvalue weighted by Gasteiger charge is -2.07. The number of carbonyl (C=O) groups is 1. The van der Waals surface area contributed by atoms with Crippen LogP contribution in [0.3, 0.4) is 0 Å². The number of ether oxygens (including phenoxy) is 1. The molecule has 0 spiro atoms. The number of nitrogens with one attached hydrogen (secondary N) is 2. The number of rotatable bonds is 4. The zero-order chi connectivity index (χ0) is 15.4. The fraction of sp³-hybridized carbons (Fsp3) is 0.0588. The molecule has 5 heteroatoms. The number of amides is 1. The van der Waals surface area contributed by atoms with Gasteiger partial charge in [0.05, 0.1) is 12.8 Å². The summed E-state index contributed by atoms with van der Waals surface area (Å²) in [6, 6.07) is 16.5. The van der Waals surface area contributed by atoms with E-state index in [-0.39, 0.29) is 5.91 Å². The van der Waals surface area contributed by atoms with Gasteiger partial charge >= 0.3 is 0 Å². The van der Waals surface area contributed by atoms with E-state index in [1.807, 2.05) is 30.3 Å². The van der Waals surface area contributed by atoms with E-state index in [9.17, 15) is 4.79 Å². The molecule has 110 valence electrons. The number of nitrogens with zero attached hydrogens (tertiary/aromatic N) is 1. The van der Waals surface area contributed by atoms with Crippen molar-refractivity contribution < 1.29 is 9.53 Å². The summed E-state index contributed by atoms with van der Waals surface area (Å²) >= 11 is 0. The lowest BCUT2D eigenvalue weighted by atomic mass is 10.1. The molecule has 0 aliphatic heterocycles. The van der Waals surface area contributed by atoms with Crippen molar-refractivity contribution in [2.45, 2.75) is 0 Å². The van der Waals surface area contributed by atoms with Crippen LogP contribution in [0, 0.1) is 0 Å². The molecule has 2 aromatic carbocycles. The highest BCUT2D eigenvalue weighted by atomic mass is 16.5. The quantitative estimate of drug-likeness (QED) is 0.775. The molecule has 3 aromatic rings. The summed E-state index contributed by atoms with van der Waals surface area (Å²) in [5.74, 6) is 0.482. The maximum Gasteiger partial charge on any atom is 0.255 e. The van der Waals surface area contributed by atoms with Gasteiger partial charge in [-0.1, -0.05) is 18.2 Å². The average Bonchev–Trinajstić information content (AvgIpc) is 3.10. The van der Waals surface area contributed by atoms with E-state index in [1.165, 1.54) is 0 Å². The Morgan fingerprint density at radius 2 is 1.95 bits per heavy atom. The summed E-state index contributed by atoms with van der Waals surface area (Å²) in [5, 5.41) is 9.68. The molecule has 1 heterocycles. The molecule has 22 heavy (non-hydrogen) atoms. The van der Waals surface area contributed by atoms with Crippen LogP contribution in [0.5, 0.6) is 5.75 Å². The van der Waals surface area contributed by atoms with Gasteiger partial charge in [0.1, 0.15) is 5.75 Å². The number of methoxy groups -OCH3 is 1. The van der Waals surface area contributed by atoms with E-state index in [0.717, 1.165) is 16.9 Å². The summed E-state index contributed by atoms with van der Waals surface area (Å²) in [6.07, 6.45) is 1.70. The summed E-state index contributed by atoms with van der Waals surface area (Å²) in [7, 11) is 1.57. The summed E-state index contributed by atoms with van der Waals surface area (Å²) in [4.78, 5) is 12.2. The molecule has 0 fully saturated rings.